The van der Waals surface area contributed by atoms with E-state index in [0.717, 1.165) is 23.0 Å². The maximum atomic E-state index is 9.21. The summed E-state index contributed by atoms with van der Waals surface area (Å²) < 4.78 is 0. The van der Waals surface area contributed by atoms with Gasteiger partial charge in [0.05, 0.1) is 0 Å². The molecule has 2 aliphatic carbocycles. The molecule has 1 fully saturated rings. The van der Waals surface area contributed by atoms with Gasteiger partial charge in [0.2, 0.25) is 0 Å². The van der Waals surface area contributed by atoms with Gasteiger partial charge in [0.25, 0.3) is 0 Å². The van der Waals surface area contributed by atoms with Crippen LogP contribution in [0.1, 0.15) is 24.0 Å². The lowest BCUT2D eigenvalue weighted by Gasteiger charge is -2.02. The van der Waals surface area contributed by atoms with Gasteiger partial charge >= 0.3 is 0 Å². The van der Waals surface area contributed by atoms with Crippen LogP contribution in [0, 0.1) is 25.7 Å². The van der Waals surface area contributed by atoms with E-state index < -0.39 is 0 Å². The molecule has 2 bridgehead atoms. The van der Waals surface area contributed by atoms with Crippen LogP contribution >= 0.6 is 0 Å². The summed E-state index contributed by atoms with van der Waals surface area (Å²) in [5.74, 6) is 2.05. The van der Waals surface area contributed by atoms with Gasteiger partial charge in [0.15, 0.2) is 0 Å². The van der Waals surface area contributed by atoms with Crippen LogP contribution in [0.5, 0.6) is 5.75 Å². The van der Waals surface area contributed by atoms with Crippen molar-refractivity contribution in [1.29, 1.82) is 0 Å². The minimum absolute atomic E-state index is 0.414. The molecule has 0 amide bonds. The summed E-state index contributed by atoms with van der Waals surface area (Å²) in [5.41, 5.74) is 3.34. The lowest BCUT2D eigenvalue weighted by atomic mass is 10.0. The van der Waals surface area contributed by atoms with Gasteiger partial charge in [-0.15, -0.1) is 0 Å². The van der Waals surface area contributed by atoms with E-state index >= 15 is 0 Å². The molecule has 2 unspecified atom stereocenters. The molecular weight excluding hydrogens is 208 g/mol. The Morgan fingerprint density at radius 1 is 1.18 bits per heavy atom. The van der Waals surface area contributed by atoms with Crippen molar-refractivity contribution in [1.82, 2.24) is 0 Å². The molecule has 1 nitrogen and oxygen atoms in total. The second-order valence-corrected chi connectivity index (χ2v) is 5.09. The number of hydrogen-bond donors (Lipinski definition) is 1. The second-order valence-electron chi connectivity index (χ2n) is 5.09. The van der Waals surface area contributed by atoms with Gasteiger partial charge in [-0.25, -0.2) is 0 Å². The number of fused-ring (bicyclic) bond motifs is 2. The van der Waals surface area contributed by atoms with Gasteiger partial charge in [-0.2, -0.15) is 0 Å². The van der Waals surface area contributed by atoms with Gasteiger partial charge in [-0.05, 0) is 49.7 Å². The van der Waals surface area contributed by atoms with E-state index in [2.05, 4.69) is 18.7 Å². The Bertz CT molecular complexity index is 436. The lowest BCUT2D eigenvalue weighted by molar-refractivity contribution is 0.467. The van der Waals surface area contributed by atoms with Crippen molar-refractivity contribution in [2.75, 3.05) is 0 Å². The zero-order valence-corrected chi connectivity index (χ0v) is 10.6. The first-order valence-electron chi connectivity index (χ1n) is 6.19. The number of aryl methyl sites for hydroxylation is 2. The standard InChI is InChI=1S/C8H10O.C8H10/c1-6-4-3-5-7(2)8(6)9;1-6-4-7-2-3-8(6)5-7/h3-5,9H,1-2H3;2-3,7-8H,1,4-5H2. The van der Waals surface area contributed by atoms with Crippen LogP contribution in [0.2, 0.25) is 0 Å². The summed E-state index contributed by atoms with van der Waals surface area (Å²) in [5, 5.41) is 9.21. The molecule has 0 aromatic heterocycles. The van der Waals surface area contributed by atoms with E-state index in [1.54, 1.807) is 0 Å². The maximum Gasteiger partial charge on any atom is 0.121 e. The molecule has 0 spiro atoms. The van der Waals surface area contributed by atoms with Gasteiger partial charge in [-0.1, -0.05) is 42.5 Å². The van der Waals surface area contributed by atoms with Crippen molar-refractivity contribution in [3.05, 3.63) is 53.6 Å². The van der Waals surface area contributed by atoms with E-state index in [1.807, 2.05) is 32.0 Å². The molecular formula is C16H20O. The fraction of sp³-hybridized carbons (Fsp3) is 0.375. The molecule has 2 atom stereocenters. The smallest absolute Gasteiger partial charge is 0.121 e. The zero-order chi connectivity index (χ0) is 12.4. The van der Waals surface area contributed by atoms with Crippen LogP contribution in [0.3, 0.4) is 0 Å². The molecule has 0 radical (unpaired) electrons. The van der Waals surface area contributed by atoms with Crippen LogP contribution in [0.25, 0.3) is 0 Å². The summed E-state index contributed by atoms with van der Waals surface area (Å²) in [7, 11) is 0. The van der Waals surface area contributed by atoms with E-state index in [1.165, 1.54) is 18.4 Å². The third-order valence-corrected chi connectivity index (χ3v) is 3.66. The van der Waals surface area contributed by atoms with Crippen LogP contribution in [-0.2, 0) is 0 Å². The van der Waals surface area contributed by atoms with Crippen LogP contribution < -0.4 is 0 Å². The Hall–Kier alpha value is -1.50. The predicted octanol–water partition coefficient (Wildman–Crippen LogP) is 4.15. The minimum Gasteiger partial charge on any atom is -0.507 e. The molecule has 1 aromatic rings. The number of hydrogen-bond acceptors (Lipinski definition) is 1. The molecule has 3 rings (SSSR count). The number of aromatic hydroxyl groups is 1. The third kappa shape index (κ3) is 2.60. The quantitative estimate of drug-likeness (QED) is 0.661. The van der Waals surface area contributed by atoms with Crippen molar-refractivity contribution in [3.8, 4) is 5.75 Å². The summed E-state index contributed by atoms with van der Waals surface area (Å²) in [4.78, 5) is 0. The highest BCUT2D eigenvalue weighted by atomic mass is 16.3. The first kappa shape index (κ1) is 12.0. The fourth-order valence-corrected chi connectivity index (χ4v) is 2.52. The Kier molecular flexibility index (Phi) is 3.37. The van der Waals surface area contributed by atoms with Gasteiger partial charge in [0.1, 0.15) is 5.75 Å². The number of benzene rings is 1. The second kappa shape index (κ2) is 4.79. The normalized spacial score (nSPS) is 24.7. The highest BCUT2D eigenvalue weighted by Crippen LogP contribution is 2.41. The highest BCUT2D eigenvalue weighted by molar-refractivity contribution is 5.37. The molecule has 1 N–H and O–H groups in total. The Labute approximate surface area is 103 Å². The first-order chi connectivity index (χ1) is 8.08. The fourth-order valence-electron chi connectivity index (χ4n) is 2.52. The monoisotopic (exact) mass is 228 g/mol. The minimum atomic E-state index is 0.414. The average molecular weight is 228 g/mol. The van der Waals surface area contributed by atoms with E-state index in [9.17, 15) is 5.11 Å². The largest absolute Gasteiger partial charge is 0.507 e. The van der Waals surface area contributed by atoms with E-state index in [0.29, 0.717) is 5.75 Å². The summed E-state index contributed by atoms with van der Waals surface area (Å²) >= 11 is 0. The highest BCUT2D eigenvalue weighted by Gasteiger charge is 2.28. The topological polar surface area (TPSA) is 20.2 Å². The molecule has 0 aliphatic heterocycles. The lowest BCUT2D eigenvalue weighted by Crippen LogP contribution is -1.88. The zero-order valence-electron chi connectivity index (χ0n) is 10.6. The van der Waals surface area contributed by atoms with Crippen molar-refractivity contribution in [3.63, 3.8) is 0 Å². The molecule has 17 heavy (non-hydrogen) atoms. The number of phenols is 1. The van der Waals surface area contributed by atoms with Gasteiger partial charge in [-0.3, -0.25) is 0 Å². The molecule has 0 heterocycles. The maximum absolute atomic E-state index is 9.21. The number of para-hydroxylation sites is 1. The van der Waals surface area contributed by atoms with Gasteiger partial charge < -0.3 is 5.11 Å². The molecule has 0 saturated heterocycles. The SMILES string of the molecule is C=C1CC2C=CC1C2.Cc1cccc(C)c1O. The number of phenolic OH excluding ortho intramolecular Hbond substituents is 1. The third-order valence-electron chi connectivity index (χ3n) is 3.66. The van der Waals surface area contributed by atoms with Crippen LogP contribution in [0.15, 0.2) is 42.5 Å². The van der Waals surface area contributed by atoms with Crippen molar-refractivity contribution >= 4 is 0 Å². The predicted molar refractivity (Wildman–Crippen MR) is 72.1 cm³/mol. The Morgan fingerprint density at radius 3 is 2.12 bits per heavy atom. The first-order valence-corrected chi connectivity index (χ1v) is 6.19. The Morgan fingerprint density at radius 2 is 1.82 bits per heavy atom. The summed E-state index contributed by atoms with van der Waals surface area (Å²) in [6.07, 6.45) is 7.26. The van der Waals surface area contributed by atoms with Crippen LogP contribution in [-0.4, -0.2) is 5.11 Å². The van der Waals surface area contributed by atoms with Crippen molar-refractivity contribution < 1.29 is 5.11 Å². The van der Waals surface area contributed by atoms with Crippen molar-refractivity contribution in [2.45, 2.75) is 26.7 Å². The van der Waals surface area contributed by atoms with Gasteiger partial charge in [0, 0.05) is 0 Å². The molecule has 1 heteroatoms. The average Bonchev–Trinajstić information content (AvgIpc) is 2.88. The molecule has 90 valence electrons. The molecule has 1 aromatic carbocycles. The summed E-state index contributed by atoms with van der Waals surface area (Å²) in [6, 6.07) is 5.72. The van der Waals surface area contributed by atoms with Crippen molar-refractivity contribution in [2.24, 2.45) is 11.8 Å². The number of allylic oxidation sites excluding steroid dienone is 3. The molecule has 1 saturated carbocycles. The van der Waals surface area contributed by atoms with Crippen LogP contribution in [0.4, 0.5) is 0 Å². The Balaban J connectivity index is 0.000000127. The molecule has 2 aliphatic rings. The summed E-state index contributed by atoms with van der Waals surface area (Å²) in [6.45, 7) is 7.77. The number of rotatable bonds is 0. The van der Waals surface area contributed by atoms with E-state index in [4.69, 9.17) is 0 Å². The van der Waals surface area contributed by atoms with E-state index in [-0.39, 0.29) is 0 Å².